The van der Waals surface area contributed by atoms with Crippen molar-refractivity contribution in [2.24, 2.45) is 4.99 Å². The highest BCUT2D eigenvalue weighted by Crippen LogP contribution is 2.37. The number of nitrogens with zero attached hydrogens (tertiary/aromatic N) is 5. The van der Waals surface area contributed by atoms with E-state index in [-0.39, 0.29) is 18.3 Å². The van der Waals surface area contributed by atoms with Gasteiger partial charge in [0.25, 0.3) is 0 Å². The summed E-state index contributed by atoms with van der Waals surface area (Å²) in [5.41, 5.74) is 2.36. The molecule has 0 atom stereocenters. The number of aromatic nitrogens is 3. The minimum Gasteiger partial charge on any atom is -0.494 e. The van der Waals surface area contributed by atoms with Crippen LogP contribution >= 0.6 is 0 Å². The van der Waals surface area contributed by atoms with E-state index < -0.39 is 0 Å². The van der Waals surface area contributed by atoms with Crippen LogP contribution in [0.1, 0.15) is 11.1 Å². The highest BCUT2D eigenvalue weighted by atomic mass is 16.5. The molecule has 1 aliphatic rings. The van der Waals surface area contributed by atoms with E-state index in [2.05, 4.69) is 25.3 Å². The number of fused-ring (bicyclic) bond motifs is 2. The Balaban J connectivity index is 1.86. The molecule has 2 bridgehead atoms. The van der Waals surface area contributed by atoms with E-state index in [9.17, 15) is 9.90 Å². The maximum atomic E-state index is 12.7. The molecular formula is C22H27N7O4. The standard InChI is InChI=1S/C22H27N7O4/c1-28-10-13-7-14(8-16(32-3)19(13)33-4)24-9-15-18-20(23-5-6-29(2)17(30)11-28)25-12-26-21(18)27-22(15)31/h7-9,12,31H,5-6,10-11H2,1-4H3,(H2,23,25,26,27). The number of aromatic amines is 1. The van der Waals surface area contributed by atoms with Gasteiger partial charge in [0.1, 0.15) is 17.8 Å². The molecular weight excluding hydrogens is 426 g/mol. The van der Waals surface area contributed by atoms with E-state index in [0.29, 0.717) is 59.2 Å². The summed E-state index contributed by atoms with van der Waals surface area (Å²) in [6, 6.07) is 3.62. The van der Waals surface area contributed by atoms with Crippen molar-refractivity contribution in [3.63, 3.8) is 0 Å². The van der Waals surface area contributed by atoms with Crippen LogP contribution in [-0.2, 0) is 11.3 Å². The lowest BCUT2D eigenvalue weighted by Crippen LogP contribution is -2.38. The highest BCUT2D eigenvalue weighted by molar-refractivity contribution is 6.06. The van der Waals surface area contributed by atoms with Crippen LogP contribution in [0.25, 0.3) is 11.0 Å². The molecule has 174 valence electrons. The van der Waals surface area contributed by atoms with Crippen LogP contribution in [0, 0.1) is 0 Å². The molecule has 3 N–H and O–H groups in total. The number of methoxy groups -OCH3 is 2. The Labute approximate surface area is 191 Å². The second-order valence-electron chi connectivity index (χ2n) is 7.85. The molecule has 1 amide bonds. The molecule has 0 saturated carbocycles. The largest absolute Gasteiger partial charge is 0.494 e. The zero-order valence-electron chi connectivity index (χ0n) is 19.0. The van der Waals surface area contributed by atoms with Crippen molar-refractivity contribution in [2.45, 2.75) is 6.54 Å². The van der Waals surface area contributed by atoms with Crippen molar-refractivity contribution in [1.29, 1.82) is 0 Å². The Morgan fingerprint density at radius 1 is 1.12 bits per heavy atom. The summed E-state index contributed by atoms with van der Waals surface area (Å²) in [6.07, 6.45) is 2.98. The molecule has 1 aromatic carbocycles. The molecule has 11 nitrogen and oxygen atoms in total. The van der Waals surface area contributed by atoms with Crippen LogP contribution < -0.4 is 14.8 Å². The Morgan fingerprint density at radius 2 is 1.94 bits per heavy atom. The summed E-state index contributed by atoms with van der Waals surface area (Å²) >= 11 is 0. The smallest absolute Gasteiger partial charge is 0.236 e. The molecule has 3 heterocycles. The lowest BCUT2D eigenvalue weighted by molar-refractivity contribution is -0.130. The number of likely N-dealkylation sites (N-methyl/N-ethyl adjacent to an activating group) is 2. The van der Waals surface area contributed by atoms with Crippen LogP contribution in [0.4, 0.5) is 11.5 Å². The fourth-order valence-electron chi connectivity index (χ4n) is 3.82. The summed E-state index contributed by atoms with van der Waals surface area (Å²) < 4.78 is 11.1. The molecule has 4 rings (SSSR count). The SMILES string of the molecule is COc1cc2cc(c1OC)CN(C)CC(=O)N(C)CCNc1ncnc3[nH]c(O)c(c13)C=N2. The molecule has 3 aromatic rings. The molecule has 1 aliphatic heterocycles. The number of anilines is 1. The summed E-state index contributed by atoms with van der Waals surface area (Å²) in [7, 11) is 6.77. The van der Waals surface area contributed by atoms with Crippen LogP contribution in [0.3, 0.4) is 0 Å². The fraction of sp³-hybridized carbons (Fsp3) is 0.364. The second-order valence-corrected chi connectivity index (χ2v) is 7.85. The number of hydrogen-bond donors (Lipinski definition) is 3. The quantitative estimate of drug-likeness (QED) is 0.535. The molecule has 2 aromatic heterocycles. The third-order valence-electron chi connectivity index (χ3n) is 5.50. The first-order valence-electron chi connectivity index (χ1n) is 10.4. The van der Waals surface area contributed by atoms with Gasteiger partial charge in [-0.2, -0.15) is 0 Å². The molecule has 33 heavy (non-hydrogen) atoms. The Hall–Kier alpha value is -3.86. The van der Waals surface area contributed by atoms with Gasteiger partial charge in [-0.1, -0.05) is 0 Å². The number of aliphatic imine (C=N–C) groups is 1. The van der Waals surface area contributed by atoms with Crippen LogP contribution in [-0.4, -0.2) is 89.9 Å². The first-order chi connectivity index (χ1) is 15.9. The minimum atomic E-state index is -0.0638. The predicted octanol–water partition coefficient (Wildman–Crippen LogP) is 1.75. The minimum absolute atomic E-state index is 0.0145. The number of H-pyrrole nitrogens is 1. The third-order valence-corrected chi connectivity index (χ3v) is 5.50. The van der Waals surface area contributed by atoms with Gasteiger partial charge in [-0.25, -0.2) is 9.97 Å². The van der Waals surface area contributed by atoms with Crippen LogP contribution in [0.15, 0.2) is 23.5 Å². The van der Waals surface area contributed by atoms with Gasteiger partial charge in [-0.15, -0.1) is 0 Å². The number of carbonyl (C=O) groups excluding carboxylic acids is 1. The number of rotatable bonds is 2. The number of ether oxygens (including phenoxy) is 2. The number of carbonyl (C=O) groups is 1. The summed E-state index contributed by atoms with van der Waals surface area (Å²) in [6.45, 7) is 1.65. The van der Waals surface area contributed by atoms with Crippen molar-refractivity contribution < 1.29 is 19.4 Å². The van der Waals surface area contributed by atoms with Crippen molar-refractivity contribution in [2.75, 3.05) is 53.3 Å². The van der Waals surface area contributed by atoms with Gasteiger partial charge in [0.2, 0.25) is 5.91 Å². The Kier molecular flexibility index (Phi) is 6.31. The van der Waals surface area contributed by atoms with Gasteiger partial charge in [0.15, 0.2) is 17.4 Å². The van der Waals surface area contributed by atoms with Crippen molar-refractivity contribution in [3.8, 4) is 17.4 Å². The zero-order chi connectivity index (χ0) is 23.5. The average molecular weight is 454 g/mol. The van der Waals surface area contributed by atoms with Crippen LogP contribution in [0.2, 0.25) is 0 Å². The van der Waals surface area contributed by atoms with E-state index in [0.717, 1.165) is 5.56 Å². The summed E-state index contributed by atoms with van der Waals surface area (Å²) in [5, 5.41) is 14.4. The summed E-state index contributed by atoms with van der Waals surface area (Å²) in [5.74, 6) is 1.57. The van der Waals surface area contributed by atoms with Crippen LogP contribution in [0.5, 0.6) is 17.4 Å². The average Bonchev–Trinajstić information content (AvgIpc) is 3.12. The van der Waals surface area contributed by atoms with Gasteiger partial charge < -0.3 is 29.8 Å². The van der Waals surface area contributed by atoms with Gasteiger partial charge in [-0.3, -0.25) is 14.7 Å². The Morgan fingerprint density at radius 3 is 2.70 bits per heavy atom. The lowest BCUT2D eigenvalue weighted by atomic mass is 10.1. The van der Waals surface area contributed by atoms with E-state index in [4.69, 9.17) is 9.47 Å². The van der Waals surface area contributed by atoms with Gasteiger partial charge in [-0.05, 0) is 13.1 Å². The molecule has 0 fully saturated rings. The highest BCUT2D eigenvalue weighted by Gasteiger charge is 2.19. The second kappa shape index (κ2) is 9.33. The third kappa shape index (κ3) is 4.53. The predicted molar refractivity (Wildman–Crippen MR) is 125 cm³/mol. The maximum absolute atomic E-state index is 12.7. The molecule has 11 heteroatoms. The zero-order valence-corrected chi connectivity index (χ0v) is 19.0. The van der Waals surface area contributed by atoms with E-state index >= 15 is 0 Å². The number of benzene rings is 1. The van der Waals surface area contributed by atoms with Gasteiger partial charge in [0, 0.05) is 44.5 Å². The first-order valence-corrected chi connectivity index (χ1v) is 10.4. The maximum Gasteiger partial charge on any atom is 0.236 e. The van der Waals surface area contributed by atoms with Crippen molar-refractivity contribution >= 4 is 34.7 Å². The topological polar surface area (TPSA) is 128 Å². The summed E-state index contributed by atoms with van der Waals surface area (Å²) in [4.78, 5) is 32.3. The van der Waals surface area contributed by atoms with E-state index in [1.54, 1.807) is 38.4 Å². The number of amides is 1. The molecule has 0 spiro atoms. The van der Waals surface area contributed by atoms with Crippen molar-refractivity contribution in [3.05, 3.63) is 29.6 Å². The van der Waals surface area contributed by atoms with Gasteiger partial charge >= 0.3 is 0 Å². The number of nitrogens with one attached hydrogen (secondary N) is 2. The molecule has 0 radical (unpaired) electrons. The van der Waals surface area contributed by atoms with Gasteiger partial charge in [0.05, 0.1) is 37.4 Å². The molecule has 0 aliphatic carbocycles. The number of aromatic hydroxyl groups is 1. The first kappa shape index (κ1) is 22.3. The number of hydrogen-bond acceptors (Lipinski definition) is 9. The van der Waals surface area contributed by atoms with Crippen molar-refractivity contribution in [1.82, 2.24) is 24.8 Å². The Bertz CT molecular complexity index is 1210. The monoisotopic (exact) mass is 453 g/mol. The normalized spacial score (nSPS) is 15.5. The van der Waals surface area contributed by atoms with E-state index in [1.165, 1.54) is 6.33 Å². The fourth-order valence-corrected chi connectivity index (χ4v) is 3.82. The van der Waals surface area contributed by atoms with E-state index in [1.807, 2.05) is 18.0 Å². The molecule has 0 unspecified atom stereocenters. The lowest BCUT2D eigenvalue weighted by Gasteiger charge is -2.23. The molecule has 0 saturated heterocycles.